The van der Waals surface area contributed by atoms with Crippen LogP contribution < -0.4 is 11.1 Å². The molecule has 5 aliphatic heterocycles. The van der Waals surface area contributed by atoms with Gasteiger partial charge in [0, 0.05) is 96.2 Å². The number of hydrogen-bond acceptors (Lipinski definition) is 10. The summed E-state index contributed by atoms with van der Waals surface area (Å²) < 4.78 is 53.0. The van der Waals surface area contributed by atoms with E-state index in [9.17, 15) is 37.1 Å². The molecule has 0 spiro atoms. The van der Waals surface area contributed by atoms with E-state index < -0.39 is 41.5 Å². The first-order valence-corrected chi connectivity index (χ1v) is 22.1. The standard InChI is InChI=1S/C43H56ClF3N8O7/c44-34-25-29(24-33(39(34)48)43(45,46)47)26-36(62-42(60)54-17-11-32(12-18-54)55-19-8-30-6-2-3-7-35(30)49-41(55)59)40(58)53-22-20-51(21-23-53)31-9-15-50(16-10-31)27-38(57)61-28-37(56)52-13-4-1-5-14-52/h2-3,6-7,24-25,31-32,36H,1,4-5,8-23,26-28,48H2,(H,49,59)/t36-/m1/s1. The van der Waals surface area contributed by atoms with Crippen LogP contribution >= 0.6 is 11.6 Å². The van der Waals surface area contributed by atoms with Crippen LogP contribution in [0.25, 0.3) is 0 Å². The summed E-state index contributed by atoms with van der Waals surface area (Å²) in [6.45, 7) is 5.31. The predicted octanol–water partition coefficient (Wildman–Crippen LogP) is 4.71. The number of anilines is 2. The van der Waals surface area contributed by atoms with Crippen LogP contribution in [0.1, 0.15) is 61.6 Å². The maximum atomic E-state index is 14.2. The highest BCUT2D eigenvalue weighted by atomic mass is 35.5. The summed E-state index contributed by atoms with van der Waals surface area (Å²) in [6, 6.07) is 9.62. The Hall–Kier alpha value is -4.81. The number of esters is 1. The smallest absolute Gasteiger partial charge is 0.418 e. The number of nitrogens with one attached hydrogen (secondary N) is 1. The molecule has 0 radical (unpaired) electrons. The molecule has 4 fully saturated rings. The number of nitrogens with zero attached hydrogens (tertiary/aromatic N) is 6. The van der Waals surface area contributed by atoms with Gasteiger partial charge < -0.3 is 40.1 Å². The summed E-state index contributed by atoms with van der Waals surface area (Å²) in [7, 11) is 0. The lowest BCUT2D eigenvalue weighted by Gasteiger charge is -2.43. The zero-order valence-electron chi connectivity index (χ0n) is 34.9. The van der Waals surface area contributed by atoms with Crippen LogP contribution in [0.4, 0.5) is 34.1 Å². The van der Waals surface area contributed by atoms with E-state index in [1.54, 1.807) is 14.7 Å². The van der Waals surface area contributed by atoms with Gasteiger partial charge in [-0.2, -0.15) is 13.2 Å². The number of piperazine rings is 1. The van der Waals surface area contributed by atoms with Crippen LogP contribution in [0.15, 0.2) is 36.4 Å². The number of hydrogen-bond donors (Lipinski definition) is 2. The zero-order valence-corrected chi connectivity index (χ0v) is 35.6. The van der Waals surface area contributed by atoms with Gasteiger partial charge in [-0.3, -0.25) is 24.2 Å². The maximum absolute atomic E-state index is 14.2. The minimum Gasteiger partial charge on any atom is -0.455 e. The Morgan fingerprint density at radius 1 is 0.823 bits per heavy atom. The van der Waals surface area contributed by atoms with Gasteiger partial charge in [-0.15, -0.1) is 0 Å². The molecule has 0 aliphatic carbocycles. The highest BCUT2D eigenvalue weighted by molar-refractivity contribution is 6.33. The summed E-state index contributed by atoms with van der Waals surface area (Å²) in [5.74, 6) is -1.11. The molecule has 1 atom stereocenters. The van der Waals surface area contributed by atoms with E-state index in [2.05, 4.69) is 10.2 Å². The highest BCUT2D eigenvalue weighted by Crippen LogP contribution is 2.38. The van der Waals surface area contributed by atoms with Crippen LogP contribution in [0.5, 0.6) is 0 Å². The number of alkyl halides is 3. The summed E-state index contributed by atoms with van der Waals surface area (Å²) in [4.78, 5) is 76.9. The summed E-state index contributed by atoms with van der Waals surface area (Å²) in [5.41, 5.74) is 5.78. The number of likely N-dealkylation sites (tertiary alicyclic amines) is 3. The quantitative estimate of drug-likeness (QED) is 0.253. The normalized spacial score (nSPS) is 20.5. The van der Waals surface area contributed by atoms with Crippen LogP contribution in [0, 0.1) is 0 Å². The third-order valence-electron chi connectivity index (χ3n) is 12.9. The number of nitrogen functional groups attached to an aromatic ring is 1. The number of piperidine rings is 3. The van der Waals surface area contributed by atoms with Gasteiger partial charge in [-0.1, -0.05) is 29.8 Å². The topological polar surface area (TPSA) is 161 Å². The fourth-order valence-electron chi connectivity index (χ4n) is 9.27. The fraction of sp³-hybridized carbons (Fsp3) is 0.605. The van der Waals surface area contributed by atoms with E-state index in [0.29, 0.717) is 78.2 Å². The van der Waals surface area contributed by atoms with Crippen molar-refractivity contribution in [2.45, 2.75) is 82.2 Å². The van der Waals surface area contributed by atoms with Gasteiger partial charge in [0.05, 0.1) is 22.8 Å². The molecule has 5 amide bonds. The molecule has 5 heterocycles. The predicted molar refractivity (Wildman–Crippen MR) is 224 cm³/mol. The number of carbonyl (C=O) groups excluding carboxylic acids is 5. The zero-order chi connectivity index (χ0) is 44.0. The monoisotopic (exact) mass is 888 g/mol. The number of urea groups is 1. The molecule has 3 N–H and O–H groups in total. The number of benzene rings is 2. The number of fused-ring (bicyclic) bond motifs is 1. The third-order valence-corrected chi connectivity index (χ3v) is 13.2. The molecule has 62 heavy (non-hydrogen) atoms. The van der Waals surface area contributed by atoms with Gasteiger partial charge in [-0.05, 0) is 80.7 Å². The first-order valence-electron chi connectivity index (χ1n) is 21.7. The average Bonchev–Trinajstić information content (AvgIpc) is 3.44. The molecule has 4 saturated heterocycles. The second-order valence-corrected chi connectivity index (χ2v) is 17.2. The van der Waals surface area contributed by atoms with Crippen molar-refractivity contribution in [1.82, 2.24) is 29.4 Å². The minimum absolute atomic E-state index is 0.0393. The van der Waals surface area contributed by atoms with Crippen LogP contribution in [-0.2, 0) is 42.9 Å². The molecule has 338 valence electrons. The van der Waals surface area contributed by atoms with Crippen molar-refractivity contribution < 1.29 is 46.6 Å². The number of para-hydroxylation sites is 1. The van der Waals surface area contributed by atoms with E-state index in [1.165, 1.54) is 11.0 Å². The molecule has 2 aromatic rings. The Morgan fingerprint density at radius 3 is 2.19 bits per heavy atom. The summed E-state index contributed by atoms with van der Waals surface area (Å²) in [6.07, 6.45) is -1.12. The number of carbonyl (C=O) groups is 5. The Labute approximate surface area is 364 Å². The highest BCUT2D eigenvalue weighted by Gasteiger charge is 2.39. The average molecular weight is 889 g/mol. The lowest BCUT2D eigenvalue weighted by molar-refractivity contribution is -0.153. The lowest BCUT2D eigenvalue weighted by atomic mass is 10.0. The van der Waals surface area contributed by atoms with Crippen molar-refractivity contribution in [1.29, 1.82) is 0 Å². The summed E-state index contributed by atoms with van der Waals surface area (Å²) in [5, 5.41) is 2.66. The van der Waals surface area contributed by atoms with E-state index in [-0.39, 0.29) is 67.3 Å². The first-order chi connectivity index (χ1) is 29.7. The molecule has 19 heteroatoms. The van der Waals surface area contributed by atoms with Crippen molar-refractivity contribution in [2.24, 2.45) is 0 Å². The van der Waals surface area contributed by atoms with Gasteiger partial charge in [0.15, 0.2) is 12.7 Å². The first kappa shape index (κ1) is 45.2. The molecule has 0 aromatic heterocycles. The number of amides is 5. The van der Waals surface area contributed by atoms with E-state index >= 15 is 0 Å². The summed E-state index contributed by atoms with van der Waals surface area (Å²) >= 11 is 6.15. The van der Waals surface area contributed by atoms with Gasteiger partial charge in [0.1, 0.15) is 0 Å². The fourth-order valence-corrected chi connectivity index (χ4v) is 9.51. The number of ether oxygens (including phenoxy) is 2. The van der Waals surface area contributed by atoms with Crippen LogP contribution in [0.3, 0.4) is 0 Å². The Balaban J connectivity index is 0.926. The molecule has 0 saturated carbocycles. The van der Waals surface area contributed by atoms with Crippen molar-refractivity contribution in [3.8, 4) is 0 Å². The number of nitrogens with two attached hydrogens (primary N) is 1. The molecule has 15 nitrogen and oxygen atoms in total. The van der Waals surface area contributed by atoms with Crippen molar-refractivity contribution in [3.05, 3.63) is 58.1 Å². The molecule has 0 unspecified atom stereocenters. The van der Waals surface area contributed by atoms with Crippen molar-refractivity contribution in [3.63, 3.8) is 0 Å². The van der Waals surface area contributed by atoms with Gasteiger partial charge in [0.2, 0.25) is 0 Å². The molecule has 7 rings (SSSR count). The van der Waals surface area contributed by atoms with E-state index in [0.717, 1.165) is 49.4 Å². The van der Waals surface area contributed by atoms with E-state index in [4.69, 9.17) is 26.8 Å². The lowest BCUT2D eigenvalue weighted by Crippen LogP contribution is -2.57. The number of halogens is 4. The van der Waals surface area contributed by atoms with Gasteiger partial charge in [-0.25, -0.2) is 9.59 Å². The Kier molecular flexibility index (Phi) is 14.7. The van der Waals surface area contributed by atoms with Crippen LogP contribution in [-0.4, -0.2) is 163 Å². The molecular formula is C43H56ClF3N8O7. The molecular weight excluding hydrogens is 833 g/mol. The van der Waals surface area contributed by atoms with Crippen molar-refractivity contribution in [2.75, 3.05) is 96.2 Å². The Morgan fingerprint density at radius 2 is 1.50 bits per heavy atom. The molecule has 2 aromatic carbocycles. The second-order valence-electron chi connectivity index (χ2n) is 16.8. The van der Waals surface area contributed by atoms with Crippen molar-refractivity contribution >= 4 is 52.9 Å². The third kappa shape index (κ3) is 11.2. The Bertz CT molecular complexity index is 1950. The van der Waals surface area contributed by atoms with E-state index in [1.807, 2.05) is 29.2 Å². The maximum Gasteiger partial charge on any atom is 0.418 e. The second kappa shape index (κ2) is 20.1. The SMILES string of the molecule is Nc1c(Cl)cc(C[C@@H](OC(=O)N2CCC(N3CCc4ccccc4NC3=O)CC2)C(=O)N2CCN(C3CCN(CC(=O)OCC(=O)N4CCCCC4)CC3)CC2)cc1C(F)(F)F. The molecule has 5 aliphatic rings. The van der Waals surface area contributed by atoms with Crippen LogP contribution in [0.2, 0.25) is 5.02 Å². The largest absolute Gasteiger partial charge is 0.455 e. The minimum atomic E-state index is -4.81. The number of rotatable bonds is 10. The molecule has 0 bridgehead atoms. The van der Waals surface area contributed by atoms with Gasteiger partial charge >= 0.3 is 24.3 Å². The van der Waals surface area contributed by atoms with Gasteiger partial charge in [0.25, 0.3) is 11.8 Å².